The van der Waals surface area contributed by atoms with Crippen LogP contribution in [0.25, 0.3) is 0 Å². The first-order valence-electron chi connectivity index (χ1n) is 5.50. The zero-order chi connectivity index (χ0) is 15.3. The van der Waals surface area contributed by atoms with E-state index in [1.54, 1.807) is 18.2 Å². The summed E-state index contributed by atoms with van der Waals surface area (Å²) in [6.45, 7) is -0.258. The van der Waals surface area contributed by atoms with Gasteiger partial charge in [0.25, 0.3) is 0 Å². The number of carbonyl (C=O) groups excluding carboxylic acids is 2. The Hall–Kier alpha value is -1.97. The molecule has 106 valence electrons. The molecule has 0 spiro atoms. The summed E-state index contributed by atoms with van der Waals surface area (Å²) in [5.41, 5.74) is 5.39. The van der Waals surface area contributed by atoms with E-state index < -0.39 is 18.0 Å². The molecule has 6 nitrogen and oxygen atoms in total. The van der Waals surface area contributed by atoms with Gasteiger partial charge in [0.05, 0.1) is 16.1 Å². The van der Waals surface area contributed by atoms with Crippen molar-refractivity contribution in [3.63, 3.8) is 0 Å². The number of nitrogens with zero attached hydrogens (tertiary/aromatic N) is 2. The number of primary amides is 1. The van der Waals surface area contributed by atoms with Crippen molar-refractivity contribution < 1.29 is 9.59 Å². The van der Waals surface area contributed by atoms with Gasteiger partial charge < -0.3 is 16.0 Å². The maximum absolute atomic E-state index is 11.7. The van der Waals surface area contributed by atoms with Gasteiger partial charge in [0.15, 0.2) is 0 Å². The van der Waals surface area contributed by atoms with E-state index in [1.165, 1.54) is 7.05 Å². The van der Waals surface area contributed by atoms with Crippen molar-refractivity contribution in [3.8, 4) is 6.07 Å². The van der Waals surface area contributed by atoms with Crippen LogP contribution in [0.1, 0.15) is 11.6 Å². The second-order valence-corrected chi connectivity index (χ2v) is 4.75. The van der Waals surface area contributed by atoms with Gasteiger partial charge in [-0.15, -0.1) is 0 Å². The molecule has 1 aromatic carbocycles. The molecule has 0 fully saturated rings. The molecule has 1 unspecified atom stereocenters. The first-order valence-corrected chi connectivity index (χ1v) is 6.26. The fourth-order valence-corrected chi connectivity index (χ4v) is 1.84. The third-order valence-electron chi connectivity index (χ3n) is 2.48. The Bertz CT molecular complexity index is 571. The molecular formula is C12H12Cl2N4O2. The van der Waals surface area contributed by atoms with Crippen LogP contribution in [0.3, 0.4) is 0 Å². The Labute approximate surface area is 126 Å². The Morgan fingerprint density at radius 2 is 2.15 bits per heavy atom. The van der Waals surface area contributed by atoms with Crippen LogP contribution in [0, 0.1) is 11.3 Å². The molecule has 1 atom stereocenters. The van der Waals surface area contributed by atoms with Gasteiger partial charge in [0.2, 0.25) is 5.91 Å². The lowest BCUT2D eigenvalue weighted by molar-refractivity contribution is -0.121. The molecule has 3 amide bonds. The molecule has 0 aliphatic heterocycles. The highest BCUT2D eigenvalue weighted by molar-refractivity contribution is 6.42. The van der Waals surface area contributed by atoms with Gasteiger partial charge in [-0.2, -0.15) is 5.26 Å². The third-order valence-corrected chi connectivity index (χ3v) is 3.32. The zero-order valence-electron chi connectivity index (χ0n) is 10.6. The molecule has 0 aromatic heterocycles. The Kier molecular flexibility index (Phi) is 5.62. The van der Waals surface area contributed by atoms with Crippen molar-refractivity contribution in [2.45, 2.75) is 6.04 Å². The van der Waals surface area contributed by atoms with Gasteiger partial charge in [-0.3, -0.25) is 4.79 Å². The Morgan fingerprint density at radius 3 is 2.70 bits per heavy atom. The van der Waals surface area contributed by atoms with Crippen LogP contribution in [0.4, 0.5) is 4.79 Å². The van der Waals surface area contributed by atoms with E-state index in [-0.39, 0.29) is 16.6 Å². The van der Waals surface area contributed by atoms with Crippen LogP contribution in [0.5, 0.6) is 0 Å². The van der Waals surface area contributed by atoms with Gasteiger partial charge in [-0.1, -0.05) is 35.3 Å². The quantitative estimate of drug-likeness (QED) is 0.884. The summed E-state index contributed by atoms with van der Waals surface area (Å²) in [5.74, 6) is -0.533. The van der Waals surface area contributed by atoms with Crippen molar-refractivity contribution in [2.24, 2.45) is 5.73 Å². The van der Waals surface area contributed by atoms with E-state index in [1.807, 2.05) is 6.07 Å². The van der Waals surface area contributed by atoms with E-state index in [0.29, 0.717) is 5.56 Å². The summed E-state index contributed by atoms with van der Waals surface area (Å²) in [6.07, 6.45) is 0. The van der Waals surface area contributed by atoms with E-state index in [4.69, 9.17) is 34.2 Å². The normalized spacial score (nSPS) is 11.3. The Balaban J connectivity index is 2.83. The summed E-state index contributed by atoms with van der Waals surface area (Å²) < 4.78 is 0. The van der Waals surface area contributed by atoms with Crippen LogP contribution < -0.4 is 11.1 Å². The number of urea groups is 1. The predicted molar refractivity (Wildman–Crippen MR) is 75.2 cm³/mol. The number of halogens is 2. The molecule has 8 heteroatoms. The largest absolute Gasteiger partial charge is 0.351 e. The lowest BCUT2D eigenvalue weighted by atomic mass is 10.1. The van der Waals surface area contributed by atoms with E-state index in [2.05, 4.69) is 5.32 Å². The fourth-order valence-electron chi connectivity index (χ4n) is 1.42. The summed E-state index contributed by atoms with van der Waals surface area (Å²) in [7, 11) is 1.37. The third kappa shape index (κ3) is 4.02. The van der Waals surface area contributed by atoms with E-state index >= 15 is 0 Å². The number of nitrogens with one attached hydrogen (secondary N) is 1. The minimum Gasteiger partial charge on any atom is -0.351 e. The van der Waals surface area contributed by atoms with E-state index in [0.717, 1.165) is 4.90 Å². The second kappa shape index (κ2) is 6.98. The summed E-state index contributed by atoms with van der Waals surface area (Å²) >= 11 is 11.8. The maximum atomic E-state index is 11.7. The first kappa shape index (κ1) is 16.1. The maximum Gasteiger partial charge on any atom is 0.314 e. The monoisotopic (exact) mass is 314 g/mol. The van der Waals surface area contributed by atoms with Crippen LogP contribution in [-0.2, 0) is 4.79 Å². The number of nitriles is 1. The molecule has 0 radical (unpaired) electrons. The van der Waals surface area contributed by atoms with Crippen molar-refractivity contribution in [1.29, 1.82) is 5.26 Å². The van der Waals surface area contributed by atoms with Crippen LogP contribution in [0.2, 0.25) is 10.0 Å². The standard InChI is InChI=1S/C12H12Cl2N4O2/c1-18(12(16)20)6-10(19)17-9(5-15)7-3-2-4-8(13)11(7)14/h2-4,9H,6H2,1H3,(H2,16,20)(H,17,19). The highest BCUT2D eigenvalue weighted by atomic mass is 35.5. The SMILES string of the molecule is CN(CC(=O)NC(C#N)c1cccc(Cl)c1Cl)C(N)=O. The van der Waals surface area contributed by atoms with Crippen LogP contribution in [0.15, 0.2) is 18.2 Å². The fraction of sp³-hybridized carbons (Fsp3) is 0.250. The minimum atomic E-state index is -0.963. The van der Waals surface area contributed by atoms with Crippen molar-refractivity contribution >= 4 is 35.1 Å². The predicted octanol–water partition coefficient (Wildman–Crippen LogP) is 1.68. The van der Waals surface area contributed by atoms with Gasteiger partial charge in [0, 0.05) is 12.6 Å². The van der Waals surface area contributed by atoms with Crippen molar-refractivity contribution in [3.05, 3.63) is 33.8 Å². The molecule has 0 saturated heterocycles. The number of hydrogen-bond donors (Lipinski definition) is 2. The van der Waals surface area contributed by atoms with E-state index in [9.17, 15) is 9.59 Å². The van der Waals surface area contributed by atoms with Gasteiger partial charge in [-0.25, -0.2) is 4.79 Å². The second-order valence-electron chi connectivity index (χ2n) is 3.97. The highest BCUT2D eigenvalue weighted by Crippen LogP contribution is 2.29. The molecule has 1 aromatic rings. The molecule has 20 heavy (non-hydrogen) atoms. The summed E-state index contributed by atoms with van der Waals surface area (Å²) in [5, 5.41) is 12.0. The molecular weight excluding hydrogens is 303 g/mol. The lowest BCUT2D eigenvalue weighted by Gasteiger charge is -2.17. The van der Waals surface area contributed by atoms with Crippen molar-refractivity contribution in [1.82, 2.24) is 10.2 Å². The highest BCUT2D eigenvalue weighted by Gasteiger charge is 2.19. The average Bonchev–Trinajstić information content (AvgIpc) is 2.39. The number of carbonyl (C=O) groups is 2. The van der Waals surface area contributed by atoms with Gasteiger partial charge in [0.1, 0.15) is 12.6 Å². The number of benzene rings is 1. The minimum absolute atomic E-state index is 0.198. The summed E-state index contributed by atoms with van der Waals surface area (Å²) in [4.78, 5) is 23.5. The van der Waals surface area contributed by atoms with Gasteiger partial charge in [-0.05, 0) is 6.07 Å². The lowest BCUT2D eigenvalue weighted by Crippen LogP contribution is -2.41. The topological polar surface area (TPSA) is 99.2 Å². The molecule has 0 heterocycles. The zero-order valence-corrected chi connectivity index (χ0v) is 12.1. The number of rotatable bonds is 4. The molecule has 0 saturated carbocycles. The number of amides is 3. The molecule has 0 aliphatic carbocycles. The molecule has 1 rings (SSSR count). The van der Waals surface area contributed by atoms with Crippen molar-refractivity contribution in [2.75, 3.05) is 13.6 Å². The molecule has 0 bridgehead atoms. The van der Waals surface area contributed by atoms with Crippen LogP contribution >= 0.6 is 23.2 Å². The average molecular weight is 315 g/mol. The number of likely N-dealkylation sites (N-methyl/N-ethyl adjacent to an activating group) is 1. The molecule has 3 N–H and O–H groups in total. The smallest absolute Gasteiger partial charge is 0.314 e. The molecule has 0 aliphatic rings. The first-order chi connectivity index (χ1) is 9.36. The Morgan fingerprint density at radius 1 is 1.50 bits per heavy atom. The number of nitrogens with two attached hydrogens (primary N) is 1. The number of hydrogen-bond acceptors (Lipinski definition) is 3. The van der Waals surface area contributed by atoms with Crippen LogP contribution in [-0.4, -0.2) is 30.4 Å². The summed E-state index contributed by atoms with van der Waals surface area (Å²) in [6, 6.07) is 4.98. The van der Waals surface area contributed by atoms with Gasteiger partial charge >= 0.3 is 6.03 Å².